The molecule has 0 radical (unpaired) electrons. The van der Waals surface area contributed by atoms with Gasteiger partial charge in [0.2, 0.25) is 5.91 Å². The van der Waals surface area contributed by atoms with Crippen LogP contribution in [0.2, 0.25) is 0 Å². The molecule has 2 atom stereocenters. The average Bonchev–Trinajstić information content (AvgIpc) is 3.31. The lowest BCUT2D eigenvalue weighted by molar-refractivity contribution is -0.137. The van der Waals surface area contributed by atoms with Crippen LogP contribution in [0.15, 0.2) is 66.3 Å². The highest BCUT2D eigenvalue weighted by atomic mass is 16.5. The molecule has 1 aliphatic carbocycles. The Morgan fingerprint density at radius 2 is 1.83 bits per heavy atom. The van der Waals surface area contributed by atoms with Gasteiger partial charge < -0.3 is 14.0 Å². The third-order valence-electron chi connectivity index (χ3n) is 5.58. The molecule has 1 aliphatic heterocycles. The van der Waals surface area contributed by atoms with E-state index < -0.39 is 0 Å². The number of hydrazone groups is 1. The van der Waals surface area contributed by atoms with Crippen molar-refractivity contribution >= 4 is 11.6 Å². The number of fused-ring (bicyclic) bond motifs is 1. The van der Waals surface area contributed by atoms with Gasteiger partial charge in [0.05, 0.1) is 38.7 Å². The molecule has 0 saturated carbocycles. The Balaban J connectivity index is 1.60. The Kier molecular flexibility index (Phi) is 5.97. The number of nitrogens with zero attached hydrogens (tertiary/aromatic N) is 4. The van der Waals surface area contributed by atoms with Gasteiger partial charge >= 0.3 is 0 Å². The number of methoxy groups -OCH3 is 2. The number of hydrogen-bond donors (Lipinski definition) is 0. The van der Waals surface area contributed by atoms with Gasteiger partial charge in [-0.25, -0.2) is 9.99 Å². The Bertz CT molecular complexity index is 978. The highest BCUT2D eigenvalue weighted by molar-refractivity contribution is 6.07. The molecular formula is C23H26N4O3. The number of benzene rings is 1. The minimum Gasteiger partial charge on any atom is -0.493 e. The molecule has 0 saturated heterocycles. The lowest BCUT2D eigenvalue weighted by atomic mass is 9.76. The van der Waals surface area contributed by atoms with Crippen molar-refractivity contribution in [2.24, 2.45) is 16.9 Å². The van der Waals surface area contributed by atoms with Gasteiger partial charge in [-0.2, -0.15) is 5.10 Å². The van der Waals surface area contributed by atoms with Crippen molar-refractivity contribution in [3.05, 3.63) is 66.8 Å². The van der Waals surface area contributed by atoms with E-state index >= 15 is 0 Å². The number of allylic oxidation sites excluding steroid dienone is 3. The number of imidazole rings is 1. The Hall–Kier alpha value is -3.35. The van der Waals surface area contributed by atoms with E-state index in [0.29, 0.717) is 24.6 Å². The fourth-order valence-corrected chi connectivity index (χ4v) is 4.00. The Morgan fingerprint density at radius 1 is 1.07 bits per heavy atom. The second-order valence-electron chi connectivity index (χ2n) is 7.36. The van der Waals surface area contributed by atoms with Gasteiger partial charge in [0.25, 0.3) is 0 Å². The number of ether oxygens (including phenoxy) is 2. The molecule has 0 N–H and O–H groups in total. The summed E-state index contributed by atoms with van der Waals surface area (Å²) in [4.78, 5) is 17.1. The van der Waals surface area contributed by atoms with Crippen molar-refractivity contribution in [3.63, 3.8) is 0 Å². The van der Waals surface area contributed by atoms with Crippen molar-refractivity contribution in [1.29, 1.82) is 0 Å². The number of amides is 1. The SMILES string of the molecule is COc1ccc(C2=NN(C/C=C/Cn3ccnc3)C(=O)[C@H]3CC=CC[C@@H]23)cc1OC. The summed E-state index contributed by atoms with van der Waals surface area (Å²) in [6.45, 7) is 1.15. The average molecular weight is 406 g/mol. The maximum Gasteiger partial charge on any atom is 0.247 e. The zero-order valence-corrected chi connectivity index (χ0v) is 17.3. The predicted octanol–water partition coefficient (Wildman–Crippen LogP) is 3.29. The maximum absolute atomic E-state index is 13.1. The largest absolute Gasteiger partial charge is 0.493 e. The lowest BCUT2D eigenvalue weighted by Crippen LogP contribution is -2.45. The van der Waals surface area contributed by atoms with E-state index in [9.17, 15) is 4.79 Å². The van der Waals surface area contributed by atoms with Gasteiger partial charge in [0, 0.05) is 30.4 Å². The summed E-state index contributed by atoms with van der Waals surface area (Å²) < 4.78 is 12.8. The van der Waals surface area contributed by atoms with E-state index in [1.54, 1.807) is 31.8 Å². The zero-order valence-electron chi connectivity index (χ0n) is 17.3. The van der Waals surface area contributed by atoms with E-state index in [1.807, 2.05) is 41.1 Å². The third-order valence-corrected chi connectivity index (χ3v) is 5.58. The summed E-state index contributed by atoms with van der Waals surface area (Å²) in [7, 11) is 3.24. The first kappa shape index (κ1) is 19.9. The monoisotopic (exact) mass is 406 g/mol. The molecule has 2 heterocycles. The standard InChI is InChI=1S/C23H26N4O3/c1-29-20-10-9-17(15-21(20)30-2)22-18-7-3-4-8-19(18)23(28)27(25-22)13-6-5-12-26-14-11-24-16-26/h3-6,9-11,14-16,18-19H,7-8,12-13H2,1-2H3/b6-5+/t18-,19+/m1/s1. The number of rotatable bonds is 7. The maximum atomic E-state index is 13.1. The van der Waals surface area contributed by atoms with E-state index in [4.69, 9.17) is 14.6 Å². The molecule has 2 aliphatic rings. The van der Waals surface area contributed by atoms with Crippen LogP contribution in [-0.2, 0) is 11.3 Å². The normalized spacial score (nSPS) is 20.9. The van der Waals surface area contributed by atoms with Crippen LogP contribution in [0.5, 0.6) is 11.5 Å². The summed E-state index contributed by atoms with van der Waals surface area (Å²) in [5, 5.41) is 6.38. The van der Waals surface area contributed by atoms with Crippen LogP contribution in [-0.4, -0.2) is 46.9 Å². The van der Waals surface area contributed by atoms with Gasteiger partial charge in [0.1, 0.15) is 0 Å². The van der Waals surface area contributed by atoms with Crippen molar-refractivity contribution in [2.45, 2.75) is 19.4 Å². The van der Waals surface area contributed by atoms with Crippen molar-refractivity contribution in [1.82, 2.24) is 14.6 Å². The molecule has 2 aromatic rings. The molecule has 4 rings (SSSR count). The fourth-order valence-electron chi connectivity index (χ4n) is 4.00. The van der Waals surface area contributed by atoms with E-state index in [2.05, 4.69) is 17.1 Å². The number of carbonyl (C=O) groups excluding carboxylic acids is 1. The fraction of sp³-hybridized carbons (Fsp3) is 0.348. The minimum absolute atomic E-state index is 0.0757. The van der Waals surface area contributed by atoms with Gasteiger partial charge in [0.15, 0.2) is 11.5 Å². The first-order valence-electron chi connectivity index (χ1n) is 10.1. The second-order valence-corrected chi connectivity index (χ2v) is 7.36. The molecule has 156 valence electrons. The Morgan fingerprint density at radius 3 is 2.57 bits per heavy atom. The van der Waals surface area contributed by atoms with E-state index in [-0.39, 0.29) is 17.7 Å². The topological polar surface area (TPSA) is 69.0 Å². The van der Waals surface area contributed by atoms with E-state index in [1.165, 1.54) is 0 Å². The van der Waals surface area contributed by atoms with Crippen molar-refractivity contribution in [3.8, 4) is 11.5 Å². The number of carbonyl (C=O) groups is 1. The third kappa shape index (κ3) is 4.01. The number of aromatic nitrogens is 2. The molecule has 7 heteroatoms. The molecular weight excluding hydrogens is 380 g/mol. The number of hydrogen-bond acceptors (Lipinski definition) is 5. The molecule has 0 unspecified atom stereocenters. The highest BCUT2D eigenvalue weighted by Crippen LogP contribution is 2.36. The molecule has 0 fully saturated rings. The second kappa shape index (κ2) is 8.98. The molecule has 1 aromatic heterocycles. The van der Waals surface area contributed by atoms with Gasteiger partial charge in [-0.1, -0.05) is 24.3 Å². The van der Waals surface area contributed by atoms with Crippen LogP contribution in [0.25, 0.3) is 0 Å². The lowest BCUT2D eigenvalue weighted by Gasteiger charge is -2.36. The predicted molar refractivity (Wildman–Crippen MR) is 115 cm³/mol. The van der Waals surface area contributed by atoms with Gasteiger partial charge in [-0.3, -0.25) is 4.79 Å². The smallest absolute Gasteiger partial charge is 0.247 e. The van der Waals surface area contributed by atoms with Crippen LogP contribution >= 0.6 is 0 Å². The molecule has 30 heavy (non-hydrogen) atoms. The van der Waals surface area contributed by atoms with Gasteiger partial charge in [-0.15, -0.1) is 0 Å². The summed E-state index contributed by atoms with van der Waals surface area (Å²) in [6.07, 6.45) is 15.2. The molecule has 7 nitrogen and oxygen atoms in total. The van der Waals surface area contributed by atoms with Crippen molar-refractivity contribution < 1.29 is 14.3 Å². The summed E-state index contributed by atoms with van der Waals surface area (Å²) in [6, 6.07) is 5.81. The molecule has 1 amide bonds. The summed E-state index contributed by atoms with van der Waals surface area (Å²) >= 11 is 0. The molecule has 0 spiro atoms. The van der Waals surface area contributed by atoms with Gasteiger partial charge in [-0.05, 0) is 31.0 Å². The van der Waals surface area contributed by atoms with Crippen molar-refractivity contribution in [2.75, 3.05) is 20.8 Å². The van der Waals surface area contributed by atoms with Crippen LogP contribution in [0, 0.1) is 11.8 Å². The molecule has 1 aromatic carbocycles. The quantitative estimate of drug-likeness (QED) is 0.662. The Labute approximate surface area is 176 Å². The van der Waals surface area contributed by atoms with E-state index in [0.717, 1.165) is 24.1 Å². The van der Waals surface area contributed by atoms with Crippen LogP contribution in [0.4, 0.5) is 0 Å². The first-order chi connectivity index (χ1) is 14.7. The summed E-state index contributed by atoms with van der Waals surface area (Å²) in [5.41, 5.74) is 1.88. The zero-order chi connectivity index (χ0) is 20.9. The minimum atomic E-state index is -0.0855. The van der Waals surface area contributed by atoms with Crippen LogP contribution in [0.3, 0.4) is 0 Å². The highest BCUT2D eigenvalue weighted by Gasteiger charge is 2.39. The molecule has 0 bridgehead atoms. The first-order valence-corrected chi connectivity index (χ1v) is 10.1. The van der Waals surface area contributed by atoms with Crippen LogP contribution in [0.1, 0.15) is 18.4 Å². The summed E-state index contributed by atoms with van der Waals surface area (Å²) in [5.74, 6) is 1.41. The van der Waals surface area contributed by atoms with Crippen LogP contribution < -0.4 is 9.47 Å².